The van der Waals surface area contributed by atoms with E-state index in [0.29, 0.717) is 19.6 Å². The second kappa shape index (κ2) is 5.73. The Bertz CT molecular complexity index is 645. The third-order valence-electron chi connectivity index (χ3n) is 4.04. The predicted octanol–water partition coefficient (Wildman–Crippen LogP) is -0.257. The lowest BCUT2D eigenvalue weighted by Crippen LogP contribution is -2.48. The van der Waals surface area contributed by atoms with Crippen LogP contribution in [0.25, 0.3) is 0 Å². The Morgan fingerprint density at radius 2 is 2.33 bits per heavy atom. The van der Waals surface area contributed by atoms with Crippen LogP contribution in [0, 0.1) is 0 Å². The first-order valence-corrected chi connectivity index (χ1v) is 9.00. The number of rotatable bonds is 2. The first-order chi connectivity index (χ1) is 10.0. The van der Waals surface area contributed by atoms with Crippen molar-refractivity contribution in [3.8, 4) is 0 Å². The SMILES string of the molecule is O=C(CC1CS(=O)(=O)CCN1)N1CCc2ncccc2C1. The van der Waals surface area contributed by atoms with E-state index in [1.807, 2.05) is 12.1 Å². The van der Waals surface area contributed by atoms with Gasteiger partial charge in [0.25, 0.3) is 0 Å². The predicted molar refractivity (Wildman–Crippen MR) is 78.4 cm³/mol. The summed E-state index contributed by atoms with van der Waals surface area (Å²) >= 11 is 0. The van der Waals surface area contributed by atoms with Crippen molar-refractivity contribution >= 4 is 15.7 Å². The molecule has 1 aromatic rings. The summed E-state index contributed by atoms with van der Waals surface area (Å²) in [5.74, 6) is 0.240. The van der Waals surface area contributed by atoms with Crippen molar-refractivity contribution in [1.82, 2.24) is 15.2 Å². The van der Waals surface area contributed by atoms with Gasteiger partial charge < -0.3 is 10.2 Å². The topological polar surface area (TPSA) is 79.4 Å². The maximum atomic E-state index is 12.4. The zero-order chi connectivity index (χ0) is 14.9. The number of fused-ring (bicyclic) bond motifs is 1. The van der Waals surface area contributed by atoms with Crippen LogP contribution in [-0.2, 0) is 27.6 Å². The number of nitrogens with one attached hydrogen (secondary N) is 1. The van der Waals surface area contributed by atoms with Crippen molar-refractivity contribution in [3.63, 3.8) is 0 Å². The highest BCUT2D eigenvalue weighted by Crippen LogP contribution is 2.18. The van der Waals surface area contributed by atoms with Gasteiger partial charge in [-0.2, -0.15) is 0 Å². The van der Waals surface area contributed by atoms with Crippen molar-refractivity contribution < 1.29 is 13.2 Å². The minimum atomic E-state index is -3.00. The smallest absolute Gasteiger partial charge is 0.224 e. The molecule has 3 heterocycles. The number of hydrogen-bond donors (Lipinski definition) is 1. The summed E-state index contributed by atoms with van der Waals surface area (Å²) in [5, 5.41) is 3.12. The molecule has 1 amide bonds. The summed E-state index contributed by atoms with van der Waals surface area (Å²) in [6, 6.07) is 3.61. The normalized spacial score (nSPS) is 24.4. The van der Waals surface area contributed by atoms with E-state index in [0.717, 1.165) is 17.7 Å². The molecule has 2 aliphatic rings. The van der Waals surface area contributed by atoms with E-state index in [4.69, 9.17) is 0 Å². The fourth-order valence-corrected chi connectivity index (χ4v) is 4.36. The molecular weight excluding hydrogens is 290 g/mol. The van der Waals surface area contributed by atoms with Gasteiger partial charge in [0.05, 0.1) is 11.5 Å². The molecule has 0 bridgehead atoms. The first-order valence-electron chi connectivity index (χ1n) is 7.18. The molecule has 0 spiro atoms. The van der Waals surface area contributed by atoms with Crippen LogP contribution in [0.2, 0.25) is 0 Å². The summed E-state index contributed by atoms with van der Waals surface area (Å²) in [5.41, 5.74) is 2.14. The van der Waals surface area contributed by atoms with E-state index in [-0.39, 0.29) is 29.9 Å². The molecule has 0 saturated carbocycles. The fraction of sp³-hybridized carbons (Fsp3) is 0.571. The van der Waals surface area contributed by atoms with E-state index in [2.05, 4.69) is 10.3 Å². The summed E-state index contributed by atoms with van der Waals surface area (Å²) in [6.45, 7) is 1.66. The molecule has 1 fully saturated rings. The molecule has 0 aromatic carbocycles. The molecule has 1 saturated heterocycles. The molecule has 6 nitrogen and oxygen atoms in total. The molecule has 21 heavy (non-hydrogen) atoms. The molecule has 3 rings (SSSR count). The quantitative estimate of drug-likeness (QED) is 0.814. The van der Waals surface area contributed by atoms with E-state index < -0.39 is 9.84 Å². The van der Waals surface area contributed by atoms with Crippen molar-refractivity contribution in [2.45, 2.75) is 25.4 Å². The second-order valence-corrected chi connectivity index (χ2v) is 7.87. The molecular formula is C14H19N3O3S. The van der Waals surface area contributed by atoms with Gasteiger partial charge >= 0.3 is 0 Å². The lowest BCUT2D eigenvalue weighted by atomic mass is 10.0. The van der Waals surface area contributed by atoms with Gasteiger partial charge in [0.1, 0.15) is 0 Å². The highest BCUT2D eigenvalue weighted by Gasteiger charge is 2.28. The monoisotopic (exact) mass is 309 g/mol. The molecule has 1 aromatic heterocycles. The van der Waals surface area contributed by atoms with Crippen LogP contribution in [0.5, 0.6) is 0 Å². The molecule has 1 N–H and O–H groups in total. The molecule has 114 valence electrons. The van der Waals surface area contributed by atoms with Crippen molar-refractivity contribution in [2.75, 3.05) is 24.6 Å². The van der Waals surface area contributed by atoms with Crippen LogP contribution >= 0.6 is 0 Å². The molecule has 1 unspecified atom stereocenters. The maximum Gasteiger partial charge on any atom is 0.224 e. The Kier molecular flexibility index (Phi) is 3.95. The van der Waals surface area contributed by atoms with Gasteiger partial charge in [-0.1, -0.05) is 6.07 Å². The zero-order valence-corrected chi connectivity index (χ0v) is 12.6. The van der Waals surface area contributed by atoms with Crippen LogP contribution < -0.4 is 5.32 Å². The number of carbonyl (C=O) groups excluding carboxylic acids is 1. The number of amides is 1. The number of sulfone groups is 1. The van der Waals surface area contributed by atoms with Gasteiger partial charge in [0, 0.05) is 50.4 Å². The number of carbonyl (C=O) groups is 1. The van der Waals surface area contributed by atoms with Gasteiger partial charge in [0.15, 0.2) is 9.84 Å². The Labute approximate surface area is 124 Å². The van der Waals surface area contributed by atoms with E-state index in [9.17, 15) is 13.2 Å². The Morgan fingerprint density at radius 3 is 3.14 bits per heavy atom. The van der Waals surface area contributed by atoms with Crippen LogP contribution in [0.3, 0.4) is 0 Å². The lowest BCUT2D eigenvalue weighted by Gasteiger charge is -2.30. The zero-order valence-electron chi connectivity index (χ0n) is 11.8. The average molecular weight is 309 g/mol. The third-order valence-corrected chi connectivity index (χ3v) is 5.78. The van der Waals surface area contributed by atoms with Crippen LogP contribution in [0.15, 0.2) is 18.3 Å². The highest BCUT2D eigenvalue weighted by molar-refractivity contribution is 7.91. The number of pyridine rings is 1. The third kappa shape index (κ3) is 3.41. The second-order valence-electron chi connectivity index (χ2n) is 5.64. The van der Waals surface area contributed by atoms with E-state index >= 15 is 0 Å². The maximum absolute atomic E-state index is 12.4. The van der Waals surface area contributed by atoms with Gasteiger partial charge in [-0.05, 0) is 11.6 Å². The largest absolute Gasteiger partial charge is 0.338 e. The van der Waals surface area contributed by atoms with Gasteiger partial charge in [0.2, 0.25) is 5.91 Å². The number of hydrogen-bond acceptors (Lipinski definition) is 5. The lowest BCUT2D eigenvalue weighted by molar-refractivity contribution is -0.132. The van der Waals surface area contributed by atoms with Gasteiger partial charge in [-0.3, -0.25) is 9.78 Å². The molecule has 7 heteroatoms. The van der Waals surface area contributed by atoms with Gasteiger partial charge in [-0.15, -0.1) is 0 Å². The summed E-state index contributed by atoms with van der Waals surface area (Å²) < 4.78 is 23.2. The van der Waals surface area contributed by atoms with Crippen LogP contribution in [0.4, 0.5) is 0 Å². The average Bonchev–Trinajstić information content (AvgIpc) is 2.45. The standard InChI is InChI=1S/C14H19N3O3S/c18-14(8-12-10-21(19,20)7-5-15-12)17-6-3-13-11(9-17)2-1-4-16-13/h1-2,4,12,15H,3,5-10H2. The summed E-state index contributed by atoms with van der Waals surface area (Å²) in [7, 11) is -3.00. The van der Waals surface area contributed by atoms with E-state index in [1.54, 1.807) is 11.1 Å². The molecule has 0 radical (unpaired) electrons. The van der Waals surface area contributed by atoms with Gasteiger partial charge in [-0.25, -0.2) is 8.42 Å². The van der Waals surface area contributed by atoms with Crippen LogP contribution in [0.1, 0.15) is 17.7 Å². The minimum Gasteiger partial charge on any atom is -0.338 e. The summed E-state index contributed by atoms with van der Waals surface area (Å²) in [6.07, 6.45) is 2.78. The van der Waals surface area contributed by atoms with Crippen molar-refractivity contribution in [1.29, 1.82) is 0 Å². The fourth-order valence-electron chi connectivity index (χ4n) is 2.92. The number of nitrogens with zero attached hydrogens (tertiary/aromatic N) is 2. The Morgan fingerprint density at radius 1 is 1.48 bits per heavy atom. The van der Waals surface area contributed by atoms with E-state index in [1.165, 1.54) is 0 Å². The molecule has 0 aliphatic carbocycles. The molecule has 1 atom stereocenters. The Hall–Kier alpha value is -1.47. The van der Waals surface area contributed by atoms with Crippen molar-refractivity contribution in [2.24, 2.45) is 0 Å². The number of aromatic nitrogens is 1. The summed E-state index contributed by atoms with van der Waals surface area (Å²) in [4.78, 5) is 18.5. The highest BCUT2D eigenvalue weighted by atomic mass is 32.2. The first kappa shape index (κ1) is 14.5. The molecule has 2 aliphatic heterocycles. The minimum absolute atomic E-state index is 0.0131. The van der Waals surface area contributed by atoms with Crippen molar-refractivity contribution in [3.05, 3.63) is 29.6 Å². The Balaban J connectivity index is 1.62. The van der Waals surface area contributed by atoms with Crippen LogP contribution in [-0.4, -0.2) is 54.8 Å².